The van der Waals surface area contributed by atoms with Gasteiger partial charge in [0.15, 0.2) is 0 Å². The van der Waals surface area contributed by atoms with Gasteiger partial charge in [-0.2, -0.15) is 8.78 Å². The van der Waals surface area contributed by atoms with Gasteiger partial charge >= 0.3 is 6.61 Å². The first-order valence-corrected chi connectivity index (χ1v) is 4.03. The summed E-state index contributed by atoms with van der Waals surface area (Å²) in [7, 11) is 0. The smallest absolute Gasteiger partial charge is 0.387 e. The van der Waals surface area contributed by atoms with Gasteiger partial charge in [0.2, 0.25) is 5.88 Å². The van der Waals surface area contributed by atoms with Crippen molar-refractivity contribution in [3.05, 3.63) is 24.8 Å². The first-order valence-electron chi connectivity index (χ1n) is 4.03. The van der Waals surface area contributed by atoms with Gasteiger partial charge in [0.25, 0.3) is 0 Å². The van der Waals surface area contributed by atoms with Crippen LogP contribution in [0.1, 0.15) is 12.5 Å². The van der Waals surface area contributed by atoms with Crippen LogP contribution in [0.5, 0.6) is 11.6 Å². The molecular formula is C9H10F2NO2. The van der Waals surface area contributed by atoms with E-state index in [1.54, 1.807) is 6.92 Å². The van der Waals surface area contributed by atoms with Gasteiger partial charge in [0, 0.05) is 6.20 Å². The molecule has 5 heteroatoms. The van der Waals surface area contributed by atoms with Crippen LogP contribution in [0, 0.1) is 6.92 Å². The summed E-state index contributed by atoms with van der Waals surface area (Å²) in [6, 6.07) is 1.32. The molecule has 0 bridgehead atoms. The molecule has 1 rings (SSSR count). The largest absolute Gasteiger partial charge is 0.478 e. The minimum absolute atomic E-state index is 0.0153. The fourth-order valence-electron chi connectivity index (χ4n) is 0.924. The number of hydrogen-bond donors (Lipinski definition) is 0. The van der Waals surface area contributed by atoms with Crippen LogP contribution >= 0.6 is 0 Å². The lowest BCUT2D eigenvalue weighted by atomic mass is 10.3. The third-order valence-electron chi connectivity index (χ3n) is 1.47. The van der Waals surface area contributed by atoms with Crippen LogP contribution in [-0.2, 0) is 0 Å². The van der Waals surface area contributed by atoms with E-state index in [1.807, 2.05) is 0 Å². The van der Waals surface area contributed by atoms with Crippen molar-refractivity contribution in [2.24, 2.45) is 0 Å². The molecule has 0 saturated carbocycles. The Morgan fingerprint density at radius 1 is 1.57 bits per heavy atom. The summed E-state index contributed by atoms with van der Waals surface area (Å²) in [4.78, 5) is 3.83. The van der Waals surface area contributed by atoms with Gasteiger partial charge in [0.05, 0.1) is 12.2 Å². The van der Waals surface area contributed by atoms with E-state index in [0.29, 0.717) is 6.61 Å². The number of aromatic nitrogens is 1. The maximum absolute atomic E-state index is 11.9. The Hall–Kier alpha value is -1.39. The van der Waals surface area contributed by atoms with E-state index in [9.17, 15) is 8.78 Å². The van der Waals surface area contributed by atoms with Crippen LogP contribution in [0.4, 0.5) is 8.78 Å². The topological polar surface area (TPSA) is 31.4 Å². The fraction of sp³-hybridized carbons (Fsp3) is 0.333. The predicted molar refractivity (Wildman–Crippen MR) is 46.5 cm³/mol. The quantitative estimate of drug-likeness (QED) is 0.750. The molecule has 0 N–H and O–H groups in total. The first-order chi connectivity index (χ1) is 6.65. The number of alkyl halides is 2. The van der Waals surface area contributed by atoms with Crippen molar-refractivity contribution in [3.8, 4) is 11.6 Å². The molecule has 1 aromatic heterocycles. The molecule has 14 heavy (non-hydrogen) atoms. The van der Waals surface area contributed by atoms with Crippen LogP contribution in [-0.4, -0.2) is 18.2 Å². The molecule has 0 atom stereocenters. The van der Waals surface area contributed by atoms with Crippen LogP contribution in [0.15, 0.2) is 12.3 Å². The first kappa shape index (κ1) is 10.7. The van der Waals surface area contributed by atoms with E-state index < -0.39 is 6.61 Å². The SMILES string of the molecule is [CH2]c1c(OC(F)F)ccnc1OCC. The molecule has 77 valence electrons. The Labute approximate surface area is 80.7 Å². The van der Waals surface area contributed by atoms with Gasteiger partial charge < -0.3 is 9.47 Å². The minimum atomic E-state index is -2.87. The fourth-order valence-corrected chi connectivity index (χ4v) is 0.924. The average Bonchev–Trinajstić information content (AvgIpc) is 2.11. The zero-order valence-corrected chi connectivity index (χ0v) is 7.67. The number of hydrogen-bond acceptors (Lipinski definition) is 3. The van der Waals surface area contributed by atoms with Crippen molar-refractivity contribution in [1.82, 2.24) is 4.98 Å². The lowest BCUT2D eigenvalue weighted by Gasteiger charge is -2.10. The van der Waals surface area contributed by atoms with E-state index in [2.05, 4.69) is 16.6 Å². The van der Waals surface area contributed by atoms with Crippen LogP contribution in [0.2, 0.25) is 0 Å². The Morgan fingerprint density at radius 3 is 2.86 bits per heavy atom. The van der Waals surface area contributed by atoms with E-state index in [0.717, 1.165) is 0 Å². The number of ether oxygens (including phenoxy) is 2. The lowest BCUT2D eigenvalue weighted by molar-refractivity contribution is -0.0502. The van der Waals surface area contributed by atoms with E-state index >= 15 is 0 Å². The van der Waals surface area contributed by atoms with E-state index in [-0.39, 0.29) is 17.2 Å². The summed E-state index contributed by atoms with van der Waals surface area (Å²) in [5, 5.41) is 0. The standard InChI is InChI=1S/C9H10F2NO2/c1-3-13-8-6(2)7(4-5-12-8)14-9(10)11/h4-5,9H,2-3H2,1H3. The Kier molecular flexibility index (Phi) is 3.62. The van der Waals surface area contributed by atoms with Crippen molar-refractivity contribution in [2.75, 3.05) is 6.61 Å². The molecule has 1 heterocycles. The van der Waals surface area contributed by atoms with Crippen LogP contribution < -0.4 is 9.47 Å². The van der Waals surface area contributed by atoms with Gasteiger partial charge in [-0.1, -0.05) is 0 Å². The molecule has 0 aliphatic heterocycles. The zero-order chi connectivity index (χ0) is 10.6. The highest BCUT2D eigenvalue weighted by molar-refractivity contribution is 5.41. The lowest BCUT2D eigenvalue weighted by Crippen LogP contribution is -2.05. The van der Waals surface area contributed by atoms with Gasteiger partial charge in [-0.25, -0.2) is 4.98 Å². The van der Waals surface area contributed by atoms with Gasteiger partial charge in [0.1, 0.15) is 5.75 Å². The highest BCUT2D eigenvalue weighted by atomic mass is 19.3. The summed E-state index contributed by atoms with van der Waals surface area (Å²) >= 11 is 0. The molecule has 0 aliphatic rings. The zero-order valence-electron chi connectivity index (χ0n) is 7.67. The van der Waals surface area contributed by atoms with Gasteiger partial charge in [-0.15, -0.1) is 0 Å². The Bertz CT molecular complexity index is 305. The normalized spacial score (nSPS) is 10.4. The molecular weight excluding hydrogens is 192 g/mol. The molecule has 0 aliphatic carbocycles. The van der Waals surface area contributed by atoms with E-state index in [4.69, 9.17) is 4.74 Å². The highest BCUT2D eigenvalue weighted by Crippen LogP contribution is 2.25. The van der Waals surface area contributed by atoms with Crippen LogP contribution in [0.25, 0.3) is 0 Å². The maximum atomic E-state index is 11.9. The second-order valence-electron chi connectivity index (χ2n) is 2.40. The average molecular weight is 202 g/mol. The van der Waals surface area contributed by atoms with Crippen molar-refractivity contribution in [1.29, 1.82) is 0 Å². The Balaban J connectivity index is 2.89. The molecule has 0 unspecified atom stereocenters. The van der Waals surface area contributed by atoms with Crippen LogP contribution in [0.3, 0.4) is 0 Å². The number of nitrogens with zero attached hydrogens (tertiary/aromatic N) is 1. The van der Waals surface area contributed by atoms with Gasteiger partial charge in [-0.05, 0) is 19.9 Å². The third-order valence-corrected chi connectivity index (χ3v) is 1.47. The third kappa shape index (κ3) is 2.55. The molecule has 0 saturated heterocycles. The molecule has 1 aromatic rings. The summed E-state index contributed by atoms with van der Waals surface area (Å²) in [6.07, 6.45) is 1.33. The monoisotopic (exact) mass is 202 g/mol. The number of halogens is 2. The van der Waals surface area contributed by atoms with Crippen molar-refractivity contribution in [2.45, 2.75) is 13.5 Å². The van der Waals surface area contributed by atoms with Crippen molar-refractivity contribution in [3.63, 3.8) is 0 Å². The molecule has 3 nitrogen and oxygen atoms in total. The van der Waals surface area contributed by atoms with Crippen molar-refractivity contribution >= 4 is 0 Å². The predicted octanol–water partition coefficient (Wildman–Crippen LogP) is 2.26. The molecule has 1 radical (unpaired) electrons. The molecule has 0 aromatic carbocycles. The summed E-state index contributed by atoms with van der Waals surface area (Å²) in [5.74, 6) is 0.198. The molecule has 0 fully saturated rings. The maximum Gasteiger partial charge on any atom is 0.387 e. The number of rotatable bonds is 4. The Morgan fingerprint density at radius 2 is 2.29 bits per heavy atom. The minimum Gasteiger partial charge on any atom is -0.478 e. The summed E-state index contributed by atoms with van der Waals surface area (Å²) in [6.45, 7) is 2.84. The summed E-state index contributed by atoms with van der Waals surface area (Å²) in [5.41, 5.74) is 0.231. The van der Waals surface area contributed by atoms with E-state index in [1.165, 1.54) is 12.3 Å². The summed E-state index contributed by atoms with van der Waals surface area (Å²) < 4.78 is 33.1. The highest BCUT2D eigenvalue weighted by Gasteiger charge is 2.11. The van der Waals surface area contributed by atoms with Gasteiger partial charge in [-0.3, -0.25) is 0 Å². The number of pyridine rings is 1. The van der Waals surface area contributed by atoms with Crippen molar-refractivity contribution < 1.29 is 18.3 Å². The molecule has 0 spiro atoms. The second kappa shape index (κ2) is 4.74. The molecule has 0 amide bonds. The second-order valence-corrected chi connectivity index (χ2v) is 2.40.